The second kappa shape index (κ2) is 9.91. The van der Waals surface area contributed by atoms with Crippen molar-refractivity contribution in [2.75, 3.05) is 26.3 Å². The molecule has 2 aliphatic heterocycles. The highest BCUT2D eigenvalue weighted by Gasteiger charge is 2.47. The van der Waals surface area contributed by atoms with Gasteiger partial charge in [-0.25, -0.2) is 9.59 Å². The monoisotopic (exact) mass is 396 g/mol. The topological polar surface area (TPSA) is 76.7 Å². The van der Waals surface area contributed by atoms with Crippen LogP contribution in [0.4, 0.5) is 0 Å². The zero-order valence-electron chi connectivity index (χ0n) is 14.2. The molecule has 0 aliphatic carbocycles. The van der Waals surface area contributed by atoms with Crippen LogP contribution >= 0.6 is 35.9 Å². The van der Waals surface area contributed by atoms with Crippen molar-refractivity contribution >= 4 is 47.9 Å². The van der Waals surface area contributed by atoms with Crippen LogP contribution in [0.25, 0.3) is 0 Å². The van der Waals surface area contributed by atoms with Gasteiger partial charge in [0.25, 0.3) is 0 Å². The number of rotatable bonds is 6. The van der Waals surface area contributed by atoms with Crippen LogP contribution in [0, 0.1) is 0 Å². The van der Waals surface area contributed by atoms with Gasteiger partial charge in [-0.15, -0.1) is 12.4 Å². The summed E-state index contributed by atoms with van der Waals surface area (Å²) in [4.78, 5) is 24.5. The molecule has 0 radical (unpaired) electrons. The molecule has 0 aromatic carbocycles. The highest BCUT2D eigenvalue weighted by Crippen LogP contribution is 2.53. The first-order chi connectivity index (χ1) is 11.0. The molecule has 2 atom stereocenters. The first kappa shape index (κ1) is 21.6. The van der Waals surface area contributed by atoms with Crippen molar-refractivity contribution in [1.29, 1.82) is 0 Å². The van der Waals surface area contributed by atoms with Crippen molar-refractivity contribution in [1.82, 2.24) is 10.6 Å². The van der Waals surface area contributed by atoms with Crippen molar-refractivity contribution in [2.45, 2.75) is 43.9 Å². The van der Waals surface area contributed by atoms with E-state index in [1.807, 2.05) is 13.8 Å². The molecule has 2 N–H and O–H groups in total. The van der Waals surface area contributed by atoms with Crippen LogP contribution in [-0.4, -0.2) is 48.5 Å². The van der Waals surface area contributed by atoms with E-state index in [2.05, 4.69) is 17.6 Å². The number of piperazine rings is 1. The Morgan fingerprint density at radius 2 is 1.75 bits per heavy atom. The third-order valence-corrected chi connectivity index (χ3v) is 6.62. The quantitative estimate of drug-likeness (QED) is 0.306. The van der Waals surface area contributed by atoms with Crippen LogP contribution in [-0.2, 0) is 19.1 Å². The van der Waals surface area contributed by atoms with Crippen LogP contribution in [0.3, 0.4) is 0 Å². The number of hydrogen-bond acceptors (Lipinski definition) is 8. The Labute approximate surface area is 157 Å². The summed E-state index contributed by atoms with van der Waals surface area (Å²) in [5.74, 6) is -1.18. The van der Waals surface area contributed by atoms with Gasteiger partial charge in [-0.1, -0.05) is 37.4 Å². The summed E-state index contributed by atoms with van der Waals surface area (Å²) in [6, 6.07) is 0. The van der Waals surface area contributed by atoms with Crippen LogP contribution < -0.4 is 10.6 Å². The van der Waals surface area contributed by atoms with Crippen molar-refractivity contribution in [3.8, 4) is 0 Å². The summed E-state index contributed by atoms with van der Waals surface area (Å²) in [6.45, 7) is 8.20. The van der Waals surface area contributed by atoms with Gasteiger partial charge in [0.05, 0.1) is 27.7 Å². The molecule has 2 heterocycles. The number of nitrogens with one attached hydrogen (secondary N) is 2. The molecular weight excluding hydrogens is 372 g/mol. The van der Waals surface area contributed by atoms with E-state index < -0.39 is 11.9 Å². The van der Waals surface area contributed by atoms with E-state index in [-0.39, 0.29) is 28.2 Å². The largest absolute Gasteiger partial charge is 0.462 e. The standard InChI is InChI=1S/C15H24N2O4S2.ClH/c1-4-8-20-11(18)10(12(19)21-9-5-2)13-22-14-15(3,23-13)17-7-6-16-14;/h14,16-17H,4-9H2,1-3H3;1H. The predicted octanol–water partition coefficient (Wildman–Crippen LogP) is 2.24. The van der Waals surface area contributed by atoms with Crippen molar-refractivity contribution in [3.63, 3.8) is 0 Å². The number of hydrogen-bond donors (Lipinski definition) is 2. The summed E-state index contributed by atoms with van der Waals surface area (Å²) in [6.07, 6.45) is 1.42. The molecular formula is C15H25ClN2O4S2. The Hall–Kier alpha value is -0.410. The minimum atomic E-state index is -0.592. The lowest BCUT2D eigenvalue weighted by Gasteiger charge is -2.35. The summed E-state index contributed by atoms with van der Waals surface area (Å²) in [7, 11) is 0. The highest BCUT2D eigenvalue weighted by molar-refractivity contribution is 8.26. The van der Waals surface area contributed by atoms with Gasteiger partial charge in [-0.2, -0.15) is 0 Å². The number of halogens is 1. The fourth-order valence-electron chi connectivity index (χ4n) is 2.26. The van der Waals surface area contributed by atoms with Gasteiger partial charge in [0.15, 0.2) is 5.57 Å². The lowest BCUT2D eigenvalue weighted by Crippen LogP contribution is -2.58. The molecule has 2 aliphatic rings. The third kappa shape index (κ3) is 5.05. The Morgan fingerprint density at radius 1 is 1.17 bits per heavy atom. The molecule has 0 saturated carbocycles. The van der Waals surface area contributed by atoms with E-state index in [0.717, 1.165) is 13.1 Å². The Kier molecular flexibility index (Phi) is 8.94. The summed E-state index contributed by atoms with van der Waals surface area (Å²) in [5, 5.41) is 6.96. The van der Waals surface area contributed by atoms with Gasteiger partial charge >= 0.3 is 11.9 Å². The SMILES string of the molecule is CCCOC(=O)C(C(=O)OCCC)=C1SC2NCCNC2(C)S1.Cl. The van der Waals surface area contributed by atoms with Gasteiger partial charge < -0.3 is 14.8 Å². The van der Waals surface area contributed by atoms with E-state index in [1.54, 1.807) is 0 Å². The normalized spacial score (nSPS) is 25.5. The Morgan fingerprint density at radius 3 is 2.25 bits per heavy atom. The van der Waals surface area contributed by atoms with Gasteiger partial charge in [-0.3, -0.25) is 5.32 Å². The molecule has 2 fully saturated rings. The molecule has 6 nitrogen and oxygen atoms in total. The van der Waals surface area contributed by atoms with Crippen LogP contribution in [0.2, 0.25) is 0 Å². The Balaban J connectivity index is 0.00000288. The summed E-state index contributed by atoms with van der Waals surface area (Å²) < 4.78 is 11.0. The number of thioether (sulfide) groups is 2. The lowest BCUT2D eigenvalue weighted by molar-refractivity contribution is -0.147. The molecule has 0 spiro atoms. The van der Waals surface area contributed by atoms with Crippen molar-refractivity contribution < 1.29 is 19.1 Å². The maximum Gasteiger partial charge on any atom is 0.347 e. The predicted molar refractivity (Wildman–Crippen MR) is 100 cm³/mol. The average Bonchev–Trinajstić information content (AvgIpc) is 2.87. The highest BCUT2D eigenvalue weighted by atomic mass is 35.5. The lowest BCUT2D eigenvalue weighted by atomic mass is 10.2. The molecule has 2 unspecified atom stereocenters. The van der Waals surface area contributed by atoms with E-state index in [4.69, 9.17) is 9.47 Å². The van der Waals surface area contributed by atoms with E-state index >= 15 is 0 Å². The molecule has 0 aromatic heterocycles. The zero-order valence-corrected chi connectivity index (χ0v) is 16.6. The van der Waals surface area contributed by atoms with Gasteiger partial charge in [0.1, 0.15) is 0 Å². The van der Waals surface area contributed by atoms with Gasteiger partial charge in [0.2, 0.25) is 0 Å². The molecule has 2 rings (SSSR count). The fourth-order valence-corrected chi connectivity index (χ4v) is 5.58. The minimum Gasteiger partial charge on any atom is -0.462 e. The average molecular weight is 397 g/mol. The number of ether oxygens (including phenoxy) is 2. The summed E-state index contributed by atoms with van der Waals surface area (Å²) >= 11 is 2.99. The summed E-state index contributed by atoms with van der Waals surface area (Å²) in [5.41, 5.74) is 0.0288. The molecule has 24 heavy (non-hydrogen) atoms. The van der Waals surface area contributed by atoms with E-state index in [0.29, 0.717) is 30.3 Å². The van der Waals surface area contributed by atoms with Gasteiger partial charge in [-0.05, 0) is 19.8 Å². The van der Waals surface area contributed by atoms with Crippen LogP contribution in [0.15, 0.2) is 9.81 Å². The number of carbonyl (C=O) groups excluding carboxylic acids is 2. The molecule has 0 aromatic rings. The second-order valence-corrected chi connectivity index (χ2v) is 8.36. The maximum atomic E-state index is 12.4. The van der Waals surface area contributed by atoms with Crippen molar-refractivity contribution in [2.24, 2.45) is 0 Å². The number of carbonyl (C=O) groups is 2. The third-order valence-electron chi connectivity index (χ3n) is 3.45. The van der Waals surface area contributed by atoms with Crippen molar-refractivity contribution in [3.05, 3.63) is 9.81 Å². The van der Waals surface area contributed by atoms with E-state index in [1.165, 1.54) is 23.5 Å². The molecule has 0 bridgehead atoms. The maximum absolute atomic E-state index is 12.4. The number of esters is 2. The minimum absolute atomic E-state index is 0. The van der Waals surface area contributed by atoms with Gasteiger partial charge in [0, 0.05) is 13.1 Å². The number of fused-ring (bicyclic) bond motifs is 1. The first-order valence-corrected chi connectivity index (χ1v) is 9.64. The Bertz CT molecular complexity index is 482. The first-order valence-electron chi connectivity index (χ1n) is 7.94. The molecule has 9 heteroatoms. The van der Waals surface area contributed by atoms with Crippen LogP contribution in [0.1, 0.15) is 33.6 Å². The molecule has 0 amide bonds. The zero-order chi connectivity index (χ0) is 16.9. The molecule has 2 saturated heterocycles. The fraction of sp³-hybridized carbons (Fsp3) is 0.733. The van der Waals surface area contributed by atoms with E-state index in [9.17, 15) is 9.59 Å². The smallest absolute Gasteiger partial charge is 0.347 e. The second-order valence-electron chi connectivity index (χ2n) is 5.52. The molecule has 138 valence electrons. The van der Waals surface area contributed by atoms with Crippen LogP contribution in [0.5, 0.6) is 0 Å².